The van der Waals surface area contributed by atoms with E-state index in [0.717, 1.165) is 36.6 Å². The number of nitrogens with zero attached hydrogens (tertiary/aromatic N) is 5. The van der Waals surface area contributed by atoms with Crippen LogP contribution >= 0.6 is 11.6 Å². The van der Waals surface area contributed by atoms with E-state index >= 15 is 0 Å². The highest BCUT2D eigenvalue weighted by Crippen LogP contribution is 2.33. The van der Waals surface area contributed by atoms with Crippen LogP contribution in [0, 0.1) is 0 Å². The van der Waals surface area contributed by atoms with Crippen molar-refractivity contribution in [2.24, 2.45) is 0 Å². The Morgan fingerprint density at radius 3 is 2.30 bits per heavy atom. The molecule has 43 heavy (non-hydrogen) atoms. The minimum absolute atomic E-state index is 0.0576. The molecule has 1 saturated heterocycles. The van der Waals surface area contributed by atoms with Crippen LogP contribution in [0.25, 0.3) is 0 Å². The summed E-state index contributed by atoms with van der Waals surface area (Å²) < 4.78 is 33.4. The Hall–Kier alpha value is -4.39. The predicted molar refractivity (Wildman–Crippen MR) is 164 cm³/mol. The van der Waals surface area contributed by atoms with Crippen LogP contribution in [0.3, 0.4) is 0 Å². The number of aromatic nitrogens is 2. The maximum atomic E-state index is 13.7. The largest absolute Gasteiger partial charge is 0.497 e. The minimum Gasteiger partial charge on any atom is -0.497 e. The van der Waals surface area contributed by atoms with Gasteiger partial charge < -0.3 is 19.8 Å². The molecule has 1 amide bonds. The third-order valence-electron chi connectivity index (χ3n) is 6.84. The number of amides is 1. The SMILES string of the molecule is COc1ccc(ON(c2ccccc2)S(=O)(=O)c2ccc(C(=O)NCCN3CCN(c4ncccn4)CC3)cc2)c(Cl)c1. The van der Waals surface area contributed by atoms with E-state index in [-0.39, 0.29) is 27.3 Å². The molecule has 1 N–H and O–H groups in total. The number of para-hydroxylation sites is 1. The van der Waals surface area contributed by atoms with E-state index in [9.17, 15) is 13.2 Å². The highest BCUT2D eigenvalue weighted by atomic mass is 35.5. The van der Waals surface area contributed by atoms with Gasteiger partial charge in [0.2, 0.25) is 5.95 Å². The van der Waals surface area contributed by atoms with Crippen molar-refractivity contribution in [1.82, 2.24) is 20.2 Å². The van der Waals surface area contributed by atoms with Gasteiger partial charge in [0.1, 0.15) is 5.75 Å². The number of anilines is 2. The van der Waals surface area contributed by atoms with Gasteiger partial charge in [-0.2, -0.15) is 8.42 Å². The number of nitrogens with one attached hydrogen (secondary N) is 1. The third kappa shape index (κ3) is 7.34. The molecule has 0 saturated carbocycles. The van der Waals surface area contributed by atoms with Crippen LogP contribution in [-0.4, -0.2) is 75.6 Å². The van der Waals surface area contributed by atoms with Crippen LogP contribution in [0.5, 0.6) is 11.5 Å². The molecule has 1 fully saturated rings. The van der Waals surface area contributed by atoms with Gasteiger partial charge in [-0.25, -0.2) is 9.97 Å². The first kappa shape index (κ1) is 30.1. The lowest BCUT2D eigenvalue weighted by Crippen LogP contribution is -2.49. The lowest BCUT2D eigenvalue weighted by Gasteiger charge is -2.34. The molecule has 1 aromatic heterocycles. The fourth-order valence-electron chi connectivity index (χ4n) is 4.49. The second kappa shape index (κ2) is 13.7. The second-order valence-electron chi connectivity index (χ2n) is 9.61. The number of carbonyl (C=O) groups is 1. The van der Waals surface area contributed by atoms with Crippen molar-refractivity contribution in [2.45, 2.75) is 4.90 Å². The van der Waals surface area contributed by atoms with Crippen LogP contribution in [0.4, 0.5) is 11.6 Å². The van der Waals surface area contributed by atoms with E-state index in [1.807, 2.05) is 0 Å². The standard InChI is InChI=1S/C30H31ClN6O5S/c1-41-25-10-13-28(27(31)22-25)42-37(24-6-3-2-4-7-24)43(39,40)26-11-8-23(9-12-26)29(38)32-16-17-35-18-20-36(21-19-35)30-33-14-5-15-34-30/h2-15,22H,16-21H2,1H3,(H,32,38). The third-order valence-corrected chi connectivity index (χ3v) is 8.73. The quantitative estimate of drug-likeness (QED) is 0.249. The molecule has 224 valence electrons. The van der Waals surface area contributed by atoms with Gasteiger partial charge in [0.25, 0.3) is 15.9 Å². The van der Waals surface area contributed by atoms with E-state index in [4.69, 9.17) is 21.2 Å². The molecule has 1 aliphatic rings. The van der Waals surface area contributed by atoms with Crippen molar-refractivity contribution in [3.05, 3.63) is 102 Å². The average molecular weight is 623 g/mol. The lowest BCUT2D eigenvalue weighted by molar-refractivity contribution is 0.0947. The second-order valence-corrected chi connectivity index (χ2v) is 11.8. The molecule has 0 unspecified atom stereocenters. The van der Waals surface area contributed by atoms with Gasteiger partial charge in [0.15, 0.2) is 5.75 Å². The summed E-state index contributed by atoms with van der Waals surface area (Å²) in [5.74, 6) is 1.06. The summed E-state index contributed by atoms with van der Waals surface area (Å²) >= 11 is 6.33. The molecule has 0 spiro atoms. The minimum atomic E-state index is -4.21. The Kier molecular flexibility index (Phi) is 9.60. The van der Waals surface area contributed by atoms with Crippen molar-refractivity contribution in [3.8, 4) is 11.5 Å². The Bertz CT molecular complexity index is 1620. The monoisotopic (exact) mass is 622 g/mol. The number of ether oxygens (including phenoxy) is 1. The number of piperazine rings is 1. The zero-order chi connectivity index (χ0) is 30.2. The van der Waals surface area contributed by atoms with Gasteiger partial charge in [-0.05, 0) is 54.6 Å². The fraction of sp³-hybridized carbons (Fsp3) is 0.233. The van der Waals surface area contributed by atoms with Crippen molar-refractivity contribution in [3.63, 3.8) is 0 Å². The van der Waals surface area contributed by atoms with Gasteiger partial charge >= 0.3 is 0 Å². The van der Waals surface area contributed by atoms with Gasteiger partial charge in [-0.15, -0.1) is 0 Å². The number of rotatable bonds is 11. The smallest absolute Gasteiger partial charge is 0.295 e. The summed E-state index contributed by atoms with van der Waals surface area (Å²) in [7, 11) is -2.71. The van der Waals surface area contributed by atoms with E-state index in [1.54, 1.807) is 54.9 Å². The number of benzene rings is 3. The summed E-state index contributed by atoms with van der Waals surface area (Å²) in [5, 5.41) is 3.09. The molecule has 11 nitrogen and oxygen atoms in total. The van der Waals surface area contributed by atoms with Crippen molar-refractivity contribution >= 4 is 39.2 Å². The molecule has 3 aromatic carbocycles. The molecule has 13 heteroatoms. The molecular formula is C30H31ClN6O5S. The zero-order valence-corrected chi connectivity index (χ0v) is 25.0. The van der Waals surface area contributed by atoms with Crippen LogP contribution in [0.1, 0.15) is 10.4 Å². The number of halogens is 1. The summed E-state index contributed by atoms with van der Waals surface area (Å²) in [5.41, 5.74) is 0.615. The topological polar surface area (TPSA) is 117 Å². The summed E-state index contributed by atoms with van der Waals surface area (Å²) in [6.45, 7) is 4.44. The van der Waals surface area contributed by atoms with E-state index in [2.05, 4.69) is 25.1 Å². The molecule has 0 aliphatic carbocycles. The van der Waals surface area contributed by atoms with E-state index in [0.29, 0.717) is 24.4 Å². The van der Waals surface area contributed by atoms with Gasteiger partial charge in [-0.1, -0.05) is 34.3 Å². The molecule has 0 atom stereocenters. The van der Waals surface area contributed by atoms with Crippen molar-refractivity contribution in [1.29, 1.82) is 0 Å². The number of carbonyl (C=O) groups excluding carboxylic acids is 1. The highest BCUT2D eigenvalue weighted by molar-refractivity contribution is 7.92. The Morgan fingerprint density at radius 1 is 0.953 bits per heavy atom. The number of sulfonamides is 1. The van der Waals surface area contributed by atoms with Crippen LogP contribution in [-0.2, 0) is 10.0 Å². The number of methoxy groups -OCH3 is 1. The summed E-state index contributed by atoms with van der Waals surface area (Å²) in [6, 6.07) is 20.5. The van der Waals surface area contributed by atoms with Crippen LogP contribution in [0.2, 0.25) is 5.02 Å². The van der Waals surface area contributed by atoms with Crippen molar-refractivity contribution in [2.75, 3.05) is 55.7 Å². The molecule has 4 aromatic rings. The maximum absolute atomic E-state index is 13.7. The molecule has 5 rings (SSSR count). The van der Waals surface area contributed by atoms with Crippen molar-refractivity contribution < 1.29 is 22.8 Å². The van der Waals surface area contributed by atoms with Gasteiger partial charge in [0.05, 0.1) is 22.7 Å². The van der Waals surface area contributed by atoms with E-state index < -0.39 is 10.0 Å². The Balaban J connectivity index is 1.21. The fourth-order valence-corrected chi connectivity index (χ4v) is 5.95. The lowest BCUT2D eigenvalue weighted by atomic mass is 10.2. The summed E-state index contributed by atoms with van der Waals surface area (Å²) in [4.78, 5) is 31.6. The molecule has 0 bridgehead atoms. The molecule has 1 aliphatic heterocycles. The van der Waals surface area contributed by atoms with Gasteiger partial charge in [-0.3, -0.25) is 9.69 Å². The average Bonchev–Trinajstić information content (AvgIpc) is 3.05. The number of hydrogen-bond donors (Lipinski definition) is 1. The van der Waals surface area contributed by atoms with E-state index in [1.165, 1.54) is 43.5 Å². The first-order valence-corrected chi connectivity index (χ1v) is 15.4. The zero-order valence-electron chi connectivity index (χ0n) is 23.5. The predicted octanol–water partition coefficient (Wildman–Crippen LogP) is 3.88. The maximum Gasteiger partial charge on any atom is 0.295 e. The first-order valence-electron chi connectivity index (χ1n) is 13.6. The van der Waals surface area contributed by atoms with Crippen LogP contribution in [0.15, 0.2) is 96.2 Å². The Labute approximate surface area is 255 Å². The highest BCUT2D eigenvalue weighted by Gasteiger charge is 2.28. The number of hydrogen-bond acceptors (Lipinski definition) is 9. The van der Waals surface area contributed by atoms with Gasteiger partial charge in [0, 0.05) is 63.3 Å². The summed E-state index contributed by atoms with van der Waals surface area (Å²) in [6.07, 6.45) is 3.47. The molecule has 0 radical (unpaired) electrons. The molecular weight excluding hydrogens is 592 g/mol. The Morgan fingerprint density at radius 2 is 1.65 bits per heavy atom. The molecule has 2 heterocycles. The van der Waals surface area contributed by atoms with Crippen LogP contribution < -0.4 is 24.3 Å². The first-order chi connectivity index (χ1) is 20.8. The normalized spacial score (nSPS) is 13.8.